The van der Waals surface area contributed by atoms with Crippen LogP contribution in [0.15, 0.2) is 48.5 Å². The van der Waals surface area contributed by atoms with Gasteiger partial charge in [-0.25, -0.2) is 4.79 Å². The number of nitrogens with one attached hydrogen (secondary N) is 1. The van der Waals surface area contributed by atoms with Crippen LogP contribution in [-0.4, -0.2) is 30.8 Å². The number of nitriles is 1. The van der Waals surface area contributed by atoms with Crippen molar-refractivity contribution in [3.05, 3.63) is 54.1 Å². The van der Waals surface area contributed by atoms with Crippen molar-refractivity contribution in [3.8, 4) is 17.6 Å². The van der Waals surface area contributed by atoms with Gasteiger partial charge in [-0.05, 0) is 51.5 Å². The molecule has 1 N–H and O–H groups in total. The number of carbonyl (C=O) groups is 1. The Labute approximate surface area is 165 Å². The van der Waals surface area contributed by atoms with Crippen LogP contribution in [0.25, 0.3) is 0 Å². The maximum Gasteiger partial charge on any atom is 0.407 e. The van der Waals surface area contributed by atoms with Gasteiger partial charge in [0.1, 0.15) is 23.2 Å². The van der Waals surface area contributed by atoms with Gasteiger partial charge in [-0.1, -0.05) is 18.2 Å². The van der Waals surface area contributed by atoms with E-state index < -0.39 is 11.7 Å². The lowest BCUT2D eigenvalue weighted by Gasteiger charge is -2.23. The monoisotopic (exact) mass is 379 g/mol. The van der Waals surface area contributed by atoms with Crippen LogP contribution in [0, 0.1) is 11.3 Å². The lowest BCUT2D eigenvalue weighted by Crippen LogP contribution is -2.40. The van der Waals surface area contributed by atoms with E-state index in [1.54, 1.807) is 6.07 Å². The maximum absolute atomic E-state index is 12.0. The number of alkyl carbamates (subject to hydrolysis) is 1. The number of anilines is 1. The molecule has 2 aromatic rings. The van der Waals surface area contributed by atoms with E-state index in [0.29, 0.717) is 17.9 Å². The summed E-state index contributed by atoms with van der Waals surface area (Å²) in [4.78, 5) is 14.1. The van der Waals surface area contributed by atoms with Crippen molar-refractivity contribution < 1.29 is 14.3 Å². The standard InChI is InChI=1S/C22H25N3O3/c1-22(2,3)28-21(26)24-17-11-12-25(15-17)20-10-9-19(13-16(20)14-23)27-18-7-5-4-6-8-18/h4-10,13,17H,11-12,15H2,1-3H3,(H,24,26). The van der Waals surface area contributed by atoms with Crippen LogP contribution in [0.2, 0.25) is 0 Å². The van der Waals surface area contributed by atoms with Crippen LogP contribution in [-0.2, 0) is 4.74 Å². The van der Waals surface area contributed by atoms with Crippen molar-refractivity contribution in [1.82, 2.24) is 5.32 Å². The van der Waals surface area contributed by atoms with Crippen molar-refractivity contribution in [1.29, 1.82) is 5.26 Å². The van der Waals surface area contributed by atoms with E-state index in [1.807, 2.05) is 63.2 Å². The van der Waals surface area contributed by atoms with E-state index in [4.69, 9.17) is 9.47 Å². The predicted octanol–water partition coefficient (Wildman–Crippen LogP) is 4.45. The summed E-state index contributed by atoms with van der Waals surface area (Å²) < 4.78 is 11.1. The first kappa shape index (κ1) is 19.6. The number of nitrogens with zero attached hydrogens (tertiary/aromatic N) is 2. The van der Waals surface area contributed by atoms with Crippen LogP contribution in [0.5, 0.6) is 11.5 Å². The van der Waals surface area contributed by atoms with Crippen molar-refractivity contribution >= 4 is 11.8 Å². The number of amides is 1. The molecule has 1 aliphatic heterocycles. The van der Waals surface area contributed by atoms with Crippen molar-refractivity contribution in [2.75, 3.05) is 18.0 Å². The second-order valence-corrected chi connectivity index (χ2v) is 7.78. The number of carbonyl (C=O) groups excluding carboxylic acids is 1. The molecule has 28 heavy (non-hydrogen) atoms. The third-order valence-corrected chi connectivity index (χ3v) is 4.32. The van der Waals surface area contributed by atoms with Crippen LogP contribution < -0.4 is 15.0 Å². The molecule has 0 aliphatic carbocycles. The molecule has 1 aliphatic rings. The fraction of sp³-hybridized carbons (Fsp3) is 0.364. The summed E-state index contributed by atoms with van der Waals surface area (Å²) in [6, 6.07) is 17.2. The molecular weight excluding hydrogens is 354 g/mol. The highest BCUT2D eigenvalue weighted by molar-refractivity contribution is 5.69. The summed E-state index contributed by atoms with van der Waals surface area (Å²) in [5, 5.41) is 12.5. The quantitative estimate of drug-likeness (QED) is 0.849. The van der Waals surface area contributed by atoms with E-state index >= 15 is 0 Å². The molecule has 1 atom stereocenters. The molecule has 0 aromatic heterocycles. The van der Waals surface area contributed by atoms with Gasteiger partial charge < -0.3 is 19.7 Å². The first-order valence-electron chi connectivity index (χ1n) is 9.35. The molecule has 1 fully saturated rings. The SMILES string of the molecule is CC(C)(C)OC(=O)NC1CCN(c2ccc(Oc3ccccc3)cc2C#N)C1. The smallest absolute Gasteiger partial charge is 0.407 e. The van der Waals surface area contributed by atoms with Gasteiger partial charge in [0.25, 0.3) is 0 Å². The highest BCUT2D eigenvalue weighted by atomic mass is 16.6. The van der Waals surface area contributed by atoms with E-state index in [9.17, 15) is 10.1 Å². The summed E-state index contributed by atoms with van der Waals surface area (Å²) in [7, 11) is 0. The van der Waals surface area contributed by atoms with Crippen molar-refractivity contribution in [2.24, 2.45) is 0 Å². The third kappa shape index (κ3) is 5.17. The second-order valence-electron chi connectivity index (χ2n) is 7.78. The molecular formula is C22H25N3O3. The summed E-state index contributed by atoms with van der Waals surface area (Å²) in [5.74, 6) is 1.34. The molecule has 6 nitrogen and oxygen atoms in total. The van der Waals surface area contributed by atoms with Gasteiger partial charge in [0.2, 0.25) is 0 Å². The number of para-hydroxylation sites is 1. The molecule has 0 radical (unpaired) electrons. The highest BCUT2D eigenvalue weighted by Gasteiger charge is 2.27. The van der Waals surface area contributed by atoms with E-state index in [-0.39, 0.29) is 6.04 Å². The van der Waals surface area contributed by atoms with Crippen LogP contribution in [0.3, 0.4) is 0 Å². The first-order valence-corrected chi connectivity index (χ1v) is 9.35. The van der Waals surface area contributed by atoms with Gasteiger partial charge in [-0.3, -0.25) is 0 Å². The molecule has 2 aromatic carbocycles. The average molecular weight is 379 g/mol. The molecule has 0 bridgehead atoms. The summed E-state index contributed by atoms with van der Waals surface area (Å²) >= 11 is 0. The molecule has 1 unspecified atom stereocenters. The Morgan fingerprint density at radius 2 is 1.93 bits per heavy atom. The van der Waals surface area contributed by atoms with Crippen molar-refractivity contribution in [2.45, 2.75) is 38.8 Å². The van der Waals surface area contributed by atoms with Crippen LogP contribution >= 0.6 is 0 Å². The van der Waals surface area contributed by atoms with Gasteiger partial charge in [0.05, 0.1) is 17.3 Å². The fourth-order valence-corrected chi connectivity index (χ4v) is 3.14. The molecule has 0 spiro atoms. The Hall–Kier alpha value is -3.20. The lowest BCUT2D eigenvalue weighted by atomic mass is 10.1. The van der Waals surface area contributed by atoms with E-state index in [1.165, 1.54) is 0 Å². The number of benzene rings is 2. The largest absolute Gasteiger partial charge is 0.457 e. The van der Waals surface area contributed by atoms with Gasteiger partial charge in [0, 0.05) is 19.2 Å². The van der Waals surface area contributed by atoms with Gasteiger partial charge in [0.15, 0.2) is 0 Å². The Morgan fingerprint density at radius 1 is 1.18 bits per heavy atom. The molecule has 1 saturated heterocycles. The van der Waals surface area contributed by atoms with Crippen LogP contribution in [0.4, 0.5) is 10.5 Å². The Bertz CT molecular complexity index is 869. The molecule has 0 saturated carbocycles. The molecule has 1 amide bonds. The summed E-state index contributed by atoms with van der Waals surface area (Å²) in [6.07, 6.45) is 0.387. The Morgan fingerprint density at radius 3 is 2.61 bits per heavy atom. The fourth-order valence-electron chi connectivity index (χ4n) is 3.14. The lowest BCUT2D eigenvalue weighted by molar-refractivity contribution is 0.0509. The first-order chi connectivity index (χ1) is 13.3. The highest BCUT2D eigenvalue weighted by Crippen LogP contribution is 2.30. The Balaban J connectivity index is 1.65. The minimum atomic E-state index is -0.523. The number of rotatable bonds is 4. The zero-order chi connectivity index (χ0) is 20.1. The summed E-state index contributed by atoms with van der Waals surface area (Å²) in [5.41, 5.74) is 0.869. The second kappa shape index (κ2) is 8.22. The number of hydrogen-bond donors (Lipinski definition) is 1. The normalized spacial score (nSPS) is 16.4. The topological polar surface area (TPSA) is 74.6 Å². The molecule has 6 heteroatoms. The van der Waals surface area contributed by atoms with Gasteiger partial charge in [-0.2, -0.15) is 5.26 Å². The predicted molar refractivity (Wildman–Crippen MR) is 108 cm³/mol. The van der Waals surface area contributed by atoms with Crippen molar-refractivity contribution in [3.63, 3.8) is 0 Å². The molecule has 3 rings (SSSR count). The van der Waals surface area contributed by atoms with Gasteiger partial charge in [-0.15, -0.1) is 0 Å². The number of ether oxygens (including phenoxy) is 2. The zero-order valence-electron chi connectivity index (χ0n) is 16.4. The Kier molecular flexibility index (Phi) is 5.74. The third-order valence-electron chi connectivity index (χ3n) is 4.32. The van der Waals surface area contributed by atoms with E-state index in [2.05, 4.69) is 16.3 Å². The zero-order valence-corrected chi connectivity index (χ0v) is 16.4. The molecule has 1 heterocycles. The maximum atomic E-state index is 12.0. The number of hydrogen-bond acceptors (Lipinski definition) is 5. The van der Waals surface area contributed by atoms with E-state index in [0.717, 1.165) is 24.4 Å². The van der Waals surface area contributed by atoms with Gasteiger partial charge >= 0.3 is 6.09 Å². The molecule has 146 valence electrons. The average Bonchev–Trinajstić information content (AvgIpc) is 3.09. The van der Waals surface area contributed by atoms with Crippen LogP contribution in [0.1, 0.15) is 32.8 Å². The minimum Gasteiger partial charge on any atom is -0.457 e. The summed E-state index contributed by atoms with van der Waals surface area (Å²) in [6.45, 7) is 6.91. The minimum absolute atomic E-state index is 0.0124.